The van der Waals surface area contributed by atoms with Crippen LogP contribution in [0.25, 0.3) is 0 Å². The van der Waals surface area contributed by atoms with Crippen LogP contribution in [0, 0.1) is 6.92 Å². The maximum Gasteiger partial charge on any atom is 0.231 e. The summed E-state index contributed by atoms with van der Waals surface area (Å²) < 4.78 is 10.7. The highest BCUT2D eigenvalue weighted by Gasteiger charge is 2.13. The maximum absolute atomic E-state index is 12.2. The van der Waals surface area contributed by atoms with Crippen molar-refractivity contribution in [3.05, 3.63) is 77.9 Å². The van der Waals surface area contributed by atoms with E-state index >= 15 is 0 Å². The van der Waals surface area contributed by atoms with Crippen molar-refractivity contribution in [2.75, 3.05) is 17.4 Å². The van der Waals surface area contributed by atoms with Gasteiger partial charge in [-0.15, -0.1) is 0 Å². The molecular weight excluding hydrogens is 340 g/mol. The van der Waals surface area contributed by atoms with E-state index < -0.39 is 0 Å². The number of hydrogen-bond acceptors (Lipinski definition) is 4. The monoisotopic (exact) mass is 360 g/mol. The second kappa shape index (κ2) is 7.41. The molecule has 0 aliphatic carbocycles. The Hall–Kier alpha value is -3.47. The Morgan fingerprint density at radius 1 is 0.889 bits per heavy atom. The van der Waals surface area contributed by atoms with Crippen LogP contribution in [0.3, 0.4) is 0 Å². The first kappa shape index (κ1) is 17.0. The molecule has 1 heterocycles. The molecule has 136 valence electrons. The molecule has 1 aliphatic heterocycles. The molecule has 0 saturated heterocycles. The van der Waals surface area contributed by atoms with Crippen LogP contribution in [0.5, 0.6) is 11.5 Å². The topological polar surface area (TPSA) is 59.6 Å². The zero-order chi connectivity index (χ0) is 18.6. The molecule has 3 aromatic carbocycles. The van der Waals surface area contributed by atoms with Crippen molar-refractivity contribution in [3.63, 3.8) is 0 Å². The molecule has 0 aromatic heterocycles. The molecule has 27 heavy (non-hydrogen) atoms. The van der Waals surface area contributed by atoms with E-state index in [9.17, 15) is 4.79 Å². The first-order valence-corrected chi connectivity index (χ1v) is 8.78. The van der Waals surface area contributed by atoms with Crippen molar-refractivity contribution >= 4 is 23.0 Å². The Balaban J connectivity index is 1.36. The van der Waals surface area contributed by atoms with E-state index in [2.05, 4.69) is 10.6 Å². The van der Waals surface area contributed by atoms with E-state index in [1.807, 2.05) is 73.7 Å². The van der Waals surface area contributed by atoms with Crippen LogP contribution in [0.4, 0.5) is 17.1 Å². The van der Waals surface area contributed by atoms with Gasteiger partial charge in [0.15, 0.2) is 11.5 Å². The second-order valence-corrected chi connectivity index (χ2v) is 6.48. The molecule has 2 N–H and O–H groups in total. The predicted molar refractivity (Wildman–Crippen MR) is 106 cm³/mol. The highest BCUT2D eigenvalue weighted by molar-refractivity contribution is 5.92. The van der Waals surface area contributed by atoms with Gasteiger partial charge in [-0.2, -0.15) is 0 Å². The number of ether oxygens (including phenoxy) is 2. The molecule has 0 atom stereocenters. The van der Waals surface area contributed by atoms with Gasteiger partial charge in [0, 0.05) is 23.1 Å². The Kier molecular flexibility index (Phi) is 4.66. The molecule has 0 radical (unpaired) electrons. The fraction of sp³-hybridized carbons (Fsp3) is 0.136. The molecule has 5 nitrogen and oxygen atoms in total. The molecule has 0 fully saturated rings. The van der Waals surface area contributed by atoms with Crippen molar-refractivity contribution in [2.45, 2.75) is 13.3 Å². The number of carbonyl (C=O) groups is 1. The third-order valence-electron chi connectivity index (χ3n) is 4.28. The molecule has 1 aliphatic rings. The summed E-state index contributed by atoms with van der Waals surface area (Å²) in [7, 11) is 0. The largest absolute Gasteiger partial charge is 0.454 e. The lowest BCUT2D eigenvalue weighted by Gasteiger charge is -2.09. The number of fused-ring (bicyclic) bond motifs is 1. The standard InChI is InChI=1S/C22H20N2O3/c1-15-3-2-4-16(11-15)12-22(25)24-18-7-5-17(6-8-18)23-19-9-10-20-21(13-19)27-14-26-20/h2-11,13,23H,12,14H2,1H3,(H,24,25). The van der Waals surface area contributed by atoms with Gasteiger partial charge < -0.3 is 20.1 Å². The van der Waals surface area contributed by atoms with Gasteiger partial charge in [0.05, 0.1) is 6.42 Å². The van der Waals surface area contributed by atoms with Crippen molar-refractivity contribution in [3.8, 4) is 11.5 Å². The van der Waals surface area contributed by atoms with Gasteiger partial charge in [-0.25, -0.2) is 0 Å². The quantitative estimate of drug-likeness (QED) is 0.695. The molecule has 3 aromatic rings. The molecule has 0 saturated carbocycles. The Morgan fingerprint density at radius 3 is 2.44 bits per heavy atom. The van der Waals surface area contributed by atoms with Gasteiger partial charge in [0.1, 0.15) is 0 Å². The highest BCUT2D eigenvalue weighted by Crippen LogP contribution is 2.35. The van der Waals surface area contributed by atoms with Gasteiger partial charge in [-0.3, -0.25) is 4.79 Å². The van der Waals surface area contributed by atoms with E-state index in [-0.39, 0.29) is 12.7 Å². The van der Waals surface area contributed by atoms with E-state index in [1.54, 1.807) is 0 Å². The highest BCUT2D eigenvalue weighted by atomic mass is 16.7. The van der Waals surface area contributed by atoms with Gasteiger partial charge in [0.2, 0.25) is 12.7 Å². The smallest absolute Gasteiger partial charge is 0.231 e. The third-order valence-corrected chi connectivity index (χ3v) is 4.28. The van der Waals surface area contributed by atoms with Gasteiger partial charge in [-0.05, 0) is 48.9 Å². The zero-order valence-electron chi connectivity index (χ0n) is 15.0. The molecule has 0 bridgehead atoms. The number of amides is 1. The second-order valence-electron chi connectivity index (χ2n) is 6.48. The Bertz CT molecular complexity index is 968. The van der Waals surface area contributed by atoms with Crippen LogP contribution in [0.15, 0.2) is 66.7 Å². The lowest BCUT2D eigenvalue weighted by molar-refractivity contribution is -0.115. The van der Waals surface area contributed by atoms with E-state index in [1.165, 1.54) is 0 Å². The molecule has 0 spiro atoms. The summed E-state index contributed by atoms with van der Waals surface area (Å²) in [6.45, 7) is 2.28. The van der Waals surface area contributed by atoms with Crippen molar-refractivity contribution < 1.29 is 14.3 Å². The van der Waals surface area contributed by atoms with E-state index in [4.69, 9.17) is 9.47 Å². The molecule has 4 rings (SSSR count). The van der Waals surface area contributed by atoms with Crippen LogP contribution in [0.2, 0.25) is 0 Å². The molecule has 0 unspecified atom stereocenters. The van der Waals surface area contributed by atoms with E-state index in [0.29, 0.717) is 6.42 Å². The minimum atomic E-state index is -0.0305. The number of aryl methyl sites for hydroxylation is 1. The average molecular weight is 360 g/mol. The van der Waals surface area contributed by atoms with Crippen LogP contribution >= 0.6 is 0 Å². The summed E-state index contributed by atoms with van der Waals surface area (Å²) in [5.74, 6) is 1.46. The molecular formula is C22H20N2O3. The average Bonchev–Trinajstić information content (AvgIpc) is 3.11. The fourth-order valence-corrected chi connectivity index (χ4v) is 2.99. The maximum atomic E-state index is 12.2. The number of rotatable bonds is 5. The summed E-state index contributed by atoms with van der Waals surface area (Å²) in [6.07, 6.45) is 0.360. The number of benzene rings is 3. The van der Waals surface area contributed by atoms with Gasteiger partial charge in [0.25, 0.3) is 0 Å². The fourth-order valence-electron chi connectivity index (χ4n) is 2.99. The minimum Gasteiger partial charge on any atom is -0.454 e. The number of nitrogens with one attached hydrogen (secondary N) is 2. The first-order valence-electron chi connectivity index (χ1n) is 8.78. The number of carbonyl (C=O) groups excluding carboxylic acids is 1. The zero-order valence-corrected chi connectivity index (χ0v) is 15.0. The molecule has 5 heteroatoms. The number of anilines is 3. The first-order chi connectivity index (χ1) is 13.2. The summed E-state index contributed by atoms with van der Waals surface area (Å²) in [6, 6.07) is 21.3. The summed E-state index contributed by atoms with van der Waals surface area (Å²) in [5, 5.41) is 6.24. The molecule has 1 amide bonds. The summed E-state index contributed by atoms with van der Waals surface area (Å²) >= 11 is 0. The van der Waals surface area contributed by atoms with Crippen LogP contribution in [0.1, 0.15) is 11.1 Å². The SMILES string of the molecule is Cc1cccc(CC(=O)Nc2ccc(Nc3ccc4c(c3)OCO4)cc2)c1. The van der Waals surface area contributed by atoms with Gasteiger partial charge in [-0.1, -0.05) is 29.8 Å². The van der Waals surface area contributed by atoms with E-state index in [0.717, 1.165) is 39.7 Å². The summed E-state index contributed by atoms with van der Waals surface area (Å²) in [5.41, 5.74) is 4.76. The summed E-state index contributed by atoms with van der Waals surface area (Å²) in [4.78, 5) is 12.2. The van der Waals surface area contributed by atoms with Crippen molar-refractivity contribution in [1.82, 2.24) is 0 Å². The van der Waals surface area contributed by atoms with Crippen molar-refractivity contribution in [1.29, 1.82) is 0 Å². The Morgan fingerprint density at radius 2 is 1.63 bits per heavy atom. The predicted octanol–water partition coefficient (Wildman–Crippen LogP) is 4.65. The lowest BCUT2D eigenvalue weighted by Crippen LogP contribution is -2.14. The Labute approximate surface area is 157 Å². The lowest BCUT2D eigenvalue weighted by atomic mass is 10.1. The minimum absolute atomic E-state index is 0.0305. The third kappa shape index (κ3) is 4.20. The van der Waals surface area contributed by atoms with Crippen LogP contribution in [-0.4, -0.2) is 12.7 Å². The van der Waals surface area contributed by atoms with Gasteiger partial charge >= 0.3 is 0 Å². The normalized spacial score (nSPS) is 11.9. The number of hydrogen-bond donors (Lipinski definition) is 2. The van der Waals surface area contributed by atoms with Crippen LogP contribution < -0.4 is 20.1 Å². The van der Waals surface area contributed by atoms with Crippen molar-refractivity contribution in [2.24, 2.45) is 0 Å². The van der Waals surface area contributed by atoms with Crippen LogP contribution in [-0.2, 0) is 11.2 Å².